The minimum absolute atomic E-state index is 0.111. The van der Waals surface area contributed by atoms with Gasteiger partial charge in [0, 0.05) is 21.5 Å². The fraction of sp³-hybridized carbons (Fsp3) is 0.0714. The van der Waals surface area contributed by atoms with Crippen LogP contribution in [-0.4, -0.2) is 9.91 Å². The summed E-state index contributed by atoms with van der Waals surface area (Å²) in [6.07, 6.45) is 0. The smallest absolute Gasteiger partial charge is 0.258 e. The summed E-state index contributed by atoms with van der Waals surface area (Å²) < 4.78 is 3.01. The van der Waals surface area contributed by atoms with E-state index in [1.165, 1.54) is 26.5 Å². The van der Waals surface area contributed by atoms with Crippen LogP contribution in [0, 0.1) is 13.7 Å². The maximum Gasteiger partial charge on any atom is 0.270 e. The lowest BCUT2D eigenvalue weighted by molar-refractivity contribution is -0.384. The van der Waals surface area contributed by atoms with Gasteiger partial charge in [-0.15, -0.1) is 11.3 Å². The topological polar surface area (TPSA) is 56.0 Å². The van der Waals surface area contributed by atoms with Gasteiger partial charge >= 0.3 is 0 Å². The Hall–Kier alpha value is -1.19. The van der Waals surface area contributed by atoms with Gasteiger partial charge in [0.2, 0.25) is 0 Å². The number of thiazole rings is 1. The van der Waals surface area contributed by atoms with Crippen LogP contribution in [0.4, 0.5) is 5.69 Å². The van der Waals surface area contributed by atoms with Crippen molar-refractivity contribution in [1.29, 1.82) is 0 Å². The highest BCUT2D eigenvalue weighted by Gasteiger charge is 2.10. The molecule has 0 saturated heterocycles. The first-order valence-electron chi connectivity index (χ1n) is 6.04. The van der Waals surface area contributed by atoms with Crippen LogP contribution >= 0.6 is 45.7 Å². The summed E-state index contributed by atoms with van der Waals surface area (Å²) in [6, 6.07) is 13.2. The van der Waals surface area contributed by atoms with Crippen LogP contribution in [0.3, 0.4) is 0 Å². The van der Waals surface area contributed by atoms with E-state index in [1.807, 2.05) is 0 Å². The van der Waals surface area contributed by atoms with Crippen LogP contribution in [0.5, 0.6) is 0 Å². The fourth-order valence-electron chi connectivity index (χ4n) is 1.79. The number of hydrogen-bond acceptors (Lipinski definition) is 5. The average Bonchev–Trinajstić information content (AvgIpc) is 2.88. The highest BCUT2D eigenvalue weighted by Crippen LogP contribution is 2.33. The first kappa shape index (κ1) is 14.7. The summed E-state index contributed by atoms with van der Waals surface area (Å²) in [7, 11) is 0. The molecule has 0 N–H and O–H groups in total. The molecule has 0 radical (unpaired) electrons. The summed E-state index contributed by atoms with van der Waals surface area (Å²) in [6.45, 7) is 0. The summed E-state index contributed by atoms with van der Waals surface area (Å²) >= 11 is 5.43. The molecular formula is C14H9IN2O2S2. The number of benzene rings is 2. The molecule has 0 bridgehead atoms. The standard InChI is InChI=1S/C14H9IN2O2S2/c15-10-3-1-9(2-4-10)8-20-14-16-12-6-5-11(17(18)19)7-13(12)21-14/h1-7H,8H2. The van der Waals surface area contributed by atoms with Crippen molar-refractivity contribution in [2.24, 2.45) is 0 Å². The fourth-order valence-corrected chi connectivity index (χ4v) is 4.21. The Morgan fingerprint density at radius 1 is 1.24 bits per heavy atom. The zero-order valence-electron chi connectivity index (χ0n) is 10.7. The Labute approximate surface area is 142 Å². The highest BCUT2D eigenvalue weighted by molar-refractivity contribution is 14.1. The molecule has 21 heavy (non-hydrogen) atoms. The van der Waals surface area contributed by atoms with Gasteiger partial charge in [0.15, 0.2) is 4.34 Å². The van der Waals surface area contributed by atoms with Gasteiger partial charge in [-0.25, -0.2) is 4.98 Å². The second-order valence-corrected chi connectivity index (χ2v) is 7.80. The largest absolute Gasteiger partial charge is 0.270 e. The van der Waals surface area contributed by atoms with E-state index < -0.39 is 0 Å². The molecular weight excluding hydrogens is 419 g/mol. The Bertz CT molecular complexity index is 802. The van der Waals surface area contributed by atoms with E-state index in [0.717, 1.165) is 20.3 Å². The SMILES string of the molecule is O=[N+]([O-])c1ccc2nc(SCc3ccc(I)cc3)sc2c1. The average molecular weight is 428 g/mol. The first-order valence-corrected chi connectivity index (χ1v) is 8.92. The molecule has 1 aromatic heterocycles. The number of aromatic nitrogens is 1. The third kappa shape index (κ3) is 3.53. The number of nitro groups is 1. The molecule has 4 nitrogen and oxygen atoms in total. The molecule has 7 heteroatoms. The quantitative estimate of drug-likeness (QED) is 0.251. The molecule has 1 heterocycles. The van der Waals surface area contributed by atoms with E-state index in [1.54, 1.807) is 23.9 Å². The Kier molecular flexibility index (Phi) is 4.41. The monoisotopic (exact) mass is 428 g/mol. The van der Waals surface area contributed by atoms with Crippen molar-refractivity contribution in [2.45, 2.75) is 10.1 Å². The molecule has 0 amide bonds. The number of thioether (sulfide) groups is 1. The minimum Gasteiger partial charge on any atom is -0.258 e. The predicted molar refractivity (Wildman–Crippen MR) is 95.0 cm³/mol. The van der Waals surface area contributed by atoms with Gasteiger partial charge in [0.05, 0.1) is 15.1 Å². The van der Waals surface area contributed by atoms with Crippen molar-refractivity contribution >= 4 is 61.6 Å². The molecule has 0 aliphatic rings. The van der Waals surface area contributed by atoms with Crippen molar-refractivity contribution in [1.82, 2.24) is 4.98 Å². The molecule has 0 saturated carbocycles. The van der Waals surface area contributed by atoms with Crippen LogP contribution in [0.2, 0.25) is 0 Å². The van der Waals surface area contributed by atoms with Crippen LogP contribution < -0.4 is 0 Å². The lowest BCUT2D eigenvalue weighted by Gasteiger charge is -1.98. The van der Waals surface area contributed by atoms with Crippen molar-refractivity contribution in [3.05, 3.63) is 61.7 Å². The summed E-state index contributed by atoms with van der Waals surface area (Å²) in [5.41, 5.74) is 2.17. The summed E-state index contributed by atoms with van der Waals surface area (Å²) in [4.78, 5) is 14.9. The van der Waals surface area contributed by atoms with E-state index >= 15 is 0 Å². The zero-order valence-corrected chi connectivity index (χ0v) is 14.4. The molecule has 3 aromatic rings. The molecule has 0 fully saturated rings. The first-order chi connectivity index (χ1) is 10.1. The highest BCUT2D eigenvalue weighted by atomic mass is 127. The number of nitro benzene ring substituents is 1. The number of rotatable bonds is 4. The molecule has 2 aromatic carbocycles. The normalized spacial score (nSPS) is 10.9. The molecule has 0 aliphatic heterocycles. The second-order valence-electron chi connectivity index (χ2n) is 4.30. The predicted octanol–water partition coefficient (Wildman–Crippen LogP) is 5.10. The third-order valence-corrected chi connectivity index (χ3v) is 5.79. The number of non-ortho nitro benzene ring substituents is 1. The van der Waals surface area contributed by atoms with Crippen LogP contribution in [0.15, 0.2) is 46.8 Å². The van der Waals surface area contributed by atoms with Crippen LogP contribution in [0.25, 0.3) is 10.2 Å². The number of halogens is 1. The minimum atomic E-state index is -0.377. The molecule has 3 rings (SSSR count). The van der Waals surface area contributed by atoms with Crippen molar-refractivity contribution in [3.8, 4) is 0 Å². The van der Waals surface area contributed by atoms with E-state index in [-0.39, 0.29) is 10.6 Å². The summed E-state index contributed by atoms with van der Waals surface area (Å²) in [5, 5.41) is 10.8. The van der Waals surface area contributed by atoms with Crippen molar-refractivity contribution < 1.29 is 4.92 Å². The van der Waals surface area contributed by atoms with Crippen LogP contribution in [0.1, 0.15) is 5.56 Å². The second kappa shape index (κ2) is 6.29. The van der Waals surface area contributed by atoms with E-state index in [2.05, 4.69) is 51.8 Å². The zero-order chi connectivity index (χ0) is 14.8. The number of nitrogens with zero attached hydrogens (tertiary/aromatic N) is 2. The van der Waals surface area contributed by atoms with Gasteiger partial charge in [-0.2, -0.15) is 0 Å². The number of hydrogen-bond donors (Lipinski definition) is 0. The van der Waals surface area contributed by atoms with Gasteiger partial charge in [-0.1, -0.05) is 23.9 Å². The van der Waals surface area contributed by atoms with Gasteiger partial charge in [-0.05, 0) is 46.4 Å². The Balaban J connectivity index is 1.78. The Morgan fingerprint density at radius 2 is 2.00 bits per heavy atom. The third-order valence-electron chi connectivity index (χ3n) is 2.84. The van der Waals surface area contributed by atoms with Gasteiger partial charge < -0.3 is 0 Å². The van der Waals surface area contributed by atoms with Gasteiger partial charge in [0.25, 0.3) is 5.69 Å². The van der Waals surface area contributed by atoms with Crippen molar-refractivity contribution in [3.63, 3.8) is 0 Å². The van der Waals surface area contributed by atoms with Crippen molar-refractivity contribution in [2.75, 3.05) is 0 Å². The summed E-state index contributed by atoms with van der Waals surface area (Å²) in [5.74, 6) is 0.846. The lowest BCUT2D eigenvalue weighted by atomic mass is 10.2. The Morgan fingerprint density at radius 3 is 2.71 bits per heavy atom. The van der Waals surface area contributed by atoms with Gasteiger partial charge in [0.1, 0.15) is 0 Å². The van der Waals surface area contributed by atoms with Crippen LogP contribution in [-0.2, 0) is 5.75 Å². The molecule has 0 spiro atoms. The molecule has 0 atom stereocenters. The van der Waals surface area contributed by atoms with E-state index in [9.17, 15) is 10.1 Å². The number of fused-ring (bicyclic) bond motifs is 1. The van der Waals surface area contributed by atoms with Gasteiger partial charge in [-0.3, -0.25) is 10.1 Å². The molecule has 0 aliphatic carbocycles. The lowest BCUT2D eigenvalue weighted by Crippen LogP contribution is -1.85. The maximum absolute atomic E-state index is 10.8. The maximum atomic E-state index is 10.8. The van der Waals surface area contributed by atoms with E-state index in [0.29, 0.717) is 0 Å². The molecule has 0 unspecified atom stereocenters. The molecule has 106 valence electrons. The van der Waals surface area contributed by atoms with E-state index in [4.69, 9.17) is 0 Å².